The summed E-state index contributed by atoms with van der Waals surface area (Å²) in [5.74, 6) is 0.271. The Hall–Kier alpha value is -1.66. The van der Waals surface area contributed by atoms with Crippen LogP contribution in [0.4, 0.5) is 0 Å². The van der Waals surface area contributed by atoms with Crippen LogP contribution in [0.15, 0.2) is 24.8 Å². The number of rotatable bonds is 6. The first-order chi connectivity index (χ1) is 9.27. The molecule has 1 amide bonds. The van der Waals surface area contributed by atoms with Gasteiger partial charge < -0.3 is 9.64 Å². The Balaban J connectivity index is 2.25. The van der Waals surface area contributed by atoms with Gasteiger partial charge in [-0.25, -0.2) is 4.52 Å². The molecule has 0 N–H and O–H groups in total. The maximum absolute atomic E-state index is 12.4. The summed E-state index contributed by atoms with van der Waals surface area (Å²) in [7, 11) is 1.60. The third-order valence-corrected chi connectivity index (χ3v) is 2.93. The molecule has 7 heteroatoms. The van der Waals surface area contributed by atoms with Crippen molar-refractivity contribution in [1.82, 2.24) is 19.5 Å². The van der Waals surface area contributed by atoms with E-state index in [-0.39, 0.29) is 5.91 Å². The second kappa shape index (κ2) is 6.49. The molecular weight excluding hydrogens is 268 g/mol. The molecule has 0 saturated carbocycles. The highest BCUT2D eigenvalue weighted by molar-refractivity contribution is 6.18. The maximum atomic E-state index is 12.4. The summed E-state index contributed by atoms with van der Waals surface area (Å²) in [4.78, 5) is 18.1. The van der Waals surface area contributed by atoms with Gasteiger partial charge in [-0.3, -0.25) is 9.78 Å². The monoisotopic (exact) mass is 282 g/mol. The third kappa shape index (κ3) is 3.02. The van der Waals surface area contributed by atoms with Crippen LogP contribution in [0.5, 0.6) is 0 Å². The lowest BCUT2D eigenvalue weighted by Gasteiger charge is -2.20. The number of carbonyl (C=O) groups excluding carboxylic acids is 1. The van der Waals surface area contributed by atoms with Gasteiger partial charge in [0.1, 0.15) is 0 Å². The Morgan fingerprint density at radius 3 is 3.05 bits per heavy atom. The Bertz CT molecular complexity index is 557. The predicted octanol–water partition coefficient (Wildman–Crippen LogP) is 1.06. The molecule has 2 heterocycles. The SMILES string of the molecule is COCCN(CCCl)C(=O)c1cnn2ccncc12. The largest absolute Gasteiger partial charge is 0.383 e. The first-order valence-corrected chi connectivity index (χ1v) is 6.43. The molecule has 19 heavy (non-hydrogen) atoms. The van der Waals surface area contributed by atoms with E-state index in [9.17, 15) is 4.79 Å². The summed E-state index contributed by atoms with van der Waals surface area (Å²) in [5, 5.41) is 4.13. The fraction of sp³-hybridized carbons (Fsp3) is 0.417. The number of aromatic nitrogens is 3. The van der Waals surface area contributed by atoms with Crippen LogP contribution < -0.4 is 0 Å². The fourth-order valence-electron chi connectivity index (χ4n) is 1.79. The minimum atomic E-state index is -0.110. The topological polar surface area (TPSA) is 59.7 Å². The molecule has 2 rings (SSSR count). The molecule has 2 aromatic heterocycles. The first-order valence-electron chi connectivity index (χ1n) is 5.89. The van der Waals surface area contributed by atoms with E-state index in [0.29, 0.717) is 36.7 Å². The molecule has 0 radical (unpaired) electrons. The van der Waals surface area contributed by atoms with E-state index in [4.69, 9.17) is 16.3 Å². The zero-order valence-corrected chi connectivity index (χ0v) is 11.4. The van der Waals surface area contributed by atoms with Gasteiger partial charge in [0.2, 0.25) is 0 Å². The van der Waals surface area contributed by atoms with Crippen molar-refractivity contribution in [3.05, 3.63) is 30.4 Å². The van der Waals surface area contributed by atoms with Crippen LogP contribution in [0.3, 0.4) is 0 Å². The first kappa shape index (κ1) is 13.8. The molecule has 0 bridgehead atoms. The van der Waals surface area contributed by atoms with Crippen LogP contribution >= 0.6 is 11.6 Å². The van der Waals surface area contributed by atoms with E-state index in [1.54, 1.807) is 41.3 Å². The maximum Gasteiger partial charge on any atom is 0.257 e. The molecule has 102 valence electrons. The summed E-state index contributed by atoms with van der Waals surface area (Å²) >= 11 is 5.73. The lowest BCUT2D eigenvalue weighted by Crippen LogP contribution is -2.35. The Labute approximate surface area is 115 Å². The third-order valence-electron chi connectivity index (χ3n) is 2.76. The number of methoxy groups -OCH3 is 1. The number of hydrogen-bond donors (Lipinski definition) is 0. The molecule has 0 aromatic carbocycles. The fourth-order valence-corrected chi connectivity index (χ4v) is 1.99. The van der Waals surface area contributed by atoms with Gasteiger partial charge >= 0.3 is 0 Å². The van der Waals surface area contributed by atoms with Crippen LogP contribution in [0.25, 0.3) is 5.52 Å². The van der Waals surface area contributed by atoms with Crippen LogP contribution in [-0.2, 0) is 4.74 Å². The summed E-state index contributed by atoms with van der Waals surface area (Å²) in [6.07, 6.45) is 6.49. The van der Waals surface area contributed by atoms with Gasteiger partial charge in [0, 0.05) is 38.5 Å². The zero-order valence-electron chi connectivity index (χ0n) is 10.6. The zero-order chi connectivity index (χ0) is 13.7. The second-order valence-electron chi connectivity index (χ2n) is 3.94. The number of amides is 1. The molecule has 0 unspecified atom stereocenters. The van der Waals surface area contributed by atoms with Crippen LogP contribution in [0.1, 0.15) is 10.4 Å². The number of nitrogens with zero attached hydrogens (tertiary/aromatic N) is 4. The molecule has 2 aromatic rings. The number of halogens is 1. The van der Waals surface area contributed by atoms with Crippen molar-refractivity contribution in [1.29, 1.82) is 0 Å². The molecular formula is C12H15ClN4O2. The number of alkyl halides is 1. The van der Waals surface area contributed by atoms with Gasteiger partial charge in [-0.2, -0.15) is 5.10 Å². The van der Waals surface area contributed by atoms with Crippen molar-refractivity contribution in [3.8, 4) is 0 Å². The Kier molecular flexibility index (Phi) is 4.70. The van der Waals surface area contributed by atoms with Crippen molar-refractivity contribution in [2.75, 3.05) is 32.7 Å². The van der Waals surface area contributed by atoms with E-state index in [0.717, 1.165) is 0 Å². The second-order valence-corrected chi connectivity index (χ2v) is 4.32. The van der Waals surface area contributed by atoms with Gasteiger partial charge in [0.25, 0.3) is 5.91 Å². The summed E-state index contributed by atoms with van der Waals surface area (Å²) in [6.45, 7) is 1.45. The molecule has 0 saturated heterocycles. The Morgan fingerprint density at radius 1 is 1.47 bits per heavy atom. The smallest absolute Gasteiger partial charge is 0.257 e. The number of ether oxygens (including phenoxy) is 1. The van der Waals surface area contributed by atoms with E-state index in [1.807, 2.05) is 0 Å². The van der Waals surface area contributed by atoms with E-state index >= 15 is 0 Å². The van der Waals surface area contributed by atoms with Crippen molar-refractivity contribution < 1.29 is 9.53 Å². The highest BCUT2D eigenvalue weighted by Gasteiger charge is 2.19. The summed E-state index contributed by atoms with van der Waals surface area (Å²) < 4.78 is 6.62. The van der Waals surface area contributed by atoms with Gasteiger partial charge in [0.15, 0.2) is 0 Å². The predicted molar refractivity (Wildman–Crippen MR) is 71.5 cm³/mol. The molecule has 0 fully saturated rings. The minimum Gasteiger partial charge on any atom is -0.383 e. The van der Waals surface area contributed by atoms with Gasteiger partial charge in [-0.1, -0.05) is 0 Å². The number of fused-ring (bicyclic) bond motifs is 1. The number of carbonyl (C=O) groups is 1. The quantitative estimate of drug-likeness (QED) is 0.743. The molecule has 0 atom stereocenters. The minimum absolute atomic E-state index is 0.110. The molecule has 6 nitrogen and oxygen atoms in total. The average Bonchev–Trinajstić information content (AvgIpc) is 2.86. The van der Waals surface area contributed by atoms with Crippen LogP contribution in [0.2, 0.25) is 0 Å². The van der Waals surface area contributed by atoms with E-state index < -0.39 is 0 Å². The summed E-state index contributed by atoms with van der Waals surface area (Å²) in [5.41, 5.74) is 1.21. The van der Waals surface area contributed by atoms with Crippen molar-refractivity contribution in [3.63, 3.8) is 0 Å². The van der Waals surface area contributed by atoms with Crippen molar-refractivity contribution in [2.45, 2.75) is 0 Å². The molecule has 0 spiro atoms. The molecule has 0 aliphatic carbocycles. The van der Waals surface area contributed by atoms with E-state index in [2.05, 4.69) is 10.1 Å². The van der Waals surface area contributed by atoms with Gasteiger partial charge in [-0.05, 0) is 0 Å². The van der Waals surface area contributed by atoms with Crippen molar-refractivity contribution >= 4 is 23.0 Å². The molecule has 0 aliphatic rings. The van der Waals surface area contributed by atoms with E-state index in [1.165, 1.54) is 0 Å². The normalized spacial score (nSPS) is 10.8. The van der Waals surface area contributed by atoms with Crippen LogP contribution in [0, 0.1) is 0 Å². The summed E-state index contributed by atoms with van der Waals surface area (Å²) in [6, 6.07) is 0. The lowest BCUT2D eigenvalue weighted by molar-refractivity contribution is 0.0709. The van der Waals surface area contributed by atoms with Gasteiger partial charge in [0.05, 0.1) is 30.1 Å². The Morgan fingerprint density at radius 2 is 2.32 bits per heavy atom. The lowest BCUT2D eigenvalue weighted by atomic mass is 10.2. The molecule has 0 aliphatic heterocycles. The highest BCUT2D eigenvalue weighted by atomic mass is 35.5. The average molecular weight is 283 g/mol. The van der Waals surface area contributed by atoms with Crippen molar-refractivity contribution in [2.24, 2.45) is 0 Å². The standard InChI is InChI=1S/C12H15ClN4O2/c1-19-7-6-16(4-2-13)12(18)10-8-15-17-5-3-14-9-11(10)17/h3,5,8-9H,2,4,6-7H2,1H3. The van der Waals surface area contributed by atoms with Crippen LogP contribution in [-0.4, -0.2) is 58.1 Å². The number of hydrogen-bond acceptors (Lipinski definition) is 4. The highest BCUT2D eigenvalue weighted by Crippen LogP contribution is 2.12. The van der Waals surface area contributed by atoms with Gasteiger partial charge in [-0.15, -0.1) is 11.6 Å².